The Morgan fingerprint density at radius 2 is 1.74 bits per heavy atom. The normalized spacial score (nSPS) is 11.3. The van der Waals surface area contributed by atoms with Crippen molar-refractivity contribution in [3.63, 3.8) is 0 Å². The Kier molecular flexibility index (Phi) is 7.23. The fourth-order valence-corrected chi connectivity index (χ4v) is 5.08. The highest BCUT2D eigenvalue weighted by Crippen LogP contribution is 2.30. The van der Waals surface area contributed by atoms with E-state index in [0.717, 1.165) is 5.39 Å². The number of anilines is 1. The molecule has 8 nitrogen and oxygen atoms in total. The number of para-hydroxylation sites is 2. The predicted molar refractivity (Wildman–Crippen MR) is 133 cm³/mol. The smallest absolute Gasteiger partial charge is 0.340 e. The van der Waals surface area contributed by atoms with Crippen LogP contribution < -0.4 is 9.46 Å². The van der Waals surface area contributed by atoms with E-state index in [1.807, 2.05) is 6.07 Å². The molecule has 35 heavy (non-hydrogen) atoms. The van der Waals surface area contributed by atoms with Gasteiger partial charge in [0.15, 0.2) is 12.4 Å². The van der Waals surface area contributed by atoms with Crippen molar-refractivity contribution in [2.24, 2.45) is 0 Å². The Hall–Kier alpha value is -3.63. The summed E-state index contributed by atoms with van der Waals surface area (Å²) in [7, 11) is -4.13. The van der Waals surface area contributed by atoms with Crippen LogP contribution in [0.15, 0.2) is 86.6 Å². The lowest BCUT2D eigenvalue weighted by molar-refractivity contribution is 0.0469. The number of furan rings is 1. The molecule has 1 N–H and O–H groups in total. The van der Waals surface area contributed by atoms with Crippen molar-refractivity contribution in [3.8, 4) is 5.75 Å². The Morgan fingerprint density at radius 1 is 1.00 bits per heavy atom. The maximum Gasteiger partial charge on any atom is 0.340 e. The number of halogens is 1. The largest absolute Gasteiger partial charge is 0.492 e. The summed E-state index contributed by atoms with van der Waals surface area (Å²) in [6.07, 6.45) is 0. The Balaban J connectivity index is 1.52. The number of hydrogen-bond donors (Lipinski definition) is 1. The third-order valence-electron chi connectivity index (χ3n) is 4.92. The zero-order valence-electron chi connectivity index (χ0n) is 18.5. The molecule has 0 fully saturated rings. The first-order valence-electron chi connectivity index (χ1n) is 10.5. The molecule has 0 unspecified atom stereocenters. The highest BCUT2D eigenvalue weighted by molar-refractivity contribution is 9.10. The van der Waals surface area contributed by atoms with E-state index in [1.165, 1.54) is 24.3 Å². The molecule has 0 bridgehead atoms. The van der Waals surface area contributed by atoms with Crippen molar-refractivity contribution >= 4 is 54.4 Å². The van der Waals surface area contributed by atoms with Crippen molar-refractivity contribution in [2.45, 2.75) is 11.8 Å². The van der Waals surface area contributed by atoms with E-state index < -0.39 is 28.4 Å². The molecule has 0 aliphatic carbocycles. The second kappa shape index (κ2) is 10.3. The molecule has 0 saturated heterocycles. The Labute approximate surface area is 210 Å². The number of rotatable bonds is 9. The van der Waals surface area contributed by atoms with Gasteiger partial charge >= 0.3 is 5.97 Å². The maximum atomic E-state index is 13.1. The average molecular weight is 558 g/mol. The van der Waals surface area contributed by atoms with Crippen molar-refractivity contribution in [1.82, 2.24) is 0 Å². The van der Waals surface area contributed by atoms with Crippen LogP contribution in [0.2, 0.25) is 0 Å². The molecule has 1 aromatic heterocycles. The summed E-state index contributed by atoms with van der Waals surface area (Å²) >= 11 is 3.27. The van der Waals surface area contributed by atoms with E-state index >= 15 is 0 Å². The number of carbonyl (C=O) groups excluding carboxylic acids is 2. The summed E-state index contributed by atoms with van der Waals surface area (Å²) in [5.41, 5.74) is 0.485. The van der Waals surface area contributed by atoms with Gasteiger partial charge in [-0.15, -0.1) is 0 Å². The summed E-state index contributed by atoms with van der Waals surface area (Å²) in [5, 5.41) is 0.751. The van der Waals surface area contributed by atoms with Gasteiger partial charge in [-0.3, -0.25) is 9.52 Å². The van der Waals surface area contributed by atoms with Gasteiger partial charge in [-0.1, -0.05) is 46.3 Å². The molecule has 0 spiro atoms. The lowest BCUT2D eigenvalue weighted by Gasteiger charge is -2.15. The number of nitrogens with one attached hydrogen (secondary N) is 1. The molecule has 4 aromatic rings. The van der Waals surface area contributed by atoms with Gasteiger partial charge in [-0.05, 0) is 49.4 Å². The van der Waals surface area contributed by atoms with Crippen LogP contribution >= 0.6 is 15.9 Å². The molecule has 10 heteroatoms. The molecule has 0 aliphatic rings. The van der Waals surface area contributed by atoms with Crippen LogP contribution in [0.4, 0.5) is 5.69 Å². The number of ether oxygens (including phenoxy) is 2. The third-order valence-corrected chi connectivity index (χ3v) is 6.80. The summed E-state index contributed by atoms with van der Waals surface area (Å²) in [4.78, 5) is 25.1. The highest BCUT2D eigenvalue weighted by Gasteiger charge is 2.24. The first-order chi connectivity index (χ1) is 16.8. The first kappa shape index (κ1) is 24.5. The van der Waals surface area contributed by atoms with E-state index in [9.17, 15) is 18.0 Å². The quantitative estimate of drug-likeness (QED) is 0.215. The minimum absolute atomic E-state index is 0.00360. The molecule has 4 rings (SSSR count). The van der Waals surface area contributed by atoms with Gasteiger partial charge in [0.1, 0.15) is 16.2 Å². The fraction of sp³-hybridized carbons (Fsp3) is 0.120. The zero-order chi connectivity index (χ0) is 25.0. The van der Waals surface area contributed by atoms with Crippen LogP contribution in [0.5, 0.6) is 5.75 Å². The highest BCUT2D eigenvalue weighted by atomic mass is 79.9. The Morgan fingerprint density at radius 3 is 2.51 bits per heavy atom. The van der Waals surface area contributed by atoms with E-state index in [4.69, 9.17) is 13.9 Å². The molecule has 0 atom stereocenters. The zero-order valence-corrected chi connectivity index (χ0v) is 20.9. The summed E-state index contributed by atoms with van der Waals surface area (Å²) < 4.78 is 45.3. The second-order valence-corrected chi connectivity index (χ2v) is 9.89. The van der Waals surface area contributed by atoms with E-state index in [-0.39, 0.29) is 34.3 Å². The molecule has 0 saturated carbocycles. The molecule has 180 valence electrons. The van der Waals surface area contributed by atoms with Crippen molar-refractivity contribution in [3.05, 3.63) is 88.6 Å². The van der Waals surface area contributed by atoms with Gasteiger partial charge in [0.25, 0.3) is 10.0 Å². The third kappa shape index (κ3) is 5.55. The fourth-order valence-electron chi connectivity index (χ4n) is 3.32. The lowest BCUT2D eigenvalue weighted by atomic mass is 10.2. The van der Waals surface area contributed by atoms with Crippen molar-refractivity contribution < 1.29 is 31.9 Å². The van der Waals surface area contributed by atoms with Gasteiger partial charge in [0.2, 0.25) is 5.78 Å². The number of Topliss-reactive ketones (excluding diaryl/α,β-unsaturated/α-hetero) is 1. The first-order valence-corrected chi connectivity index (χ1v) is 12.8. The van der Waals surface area contributed by atoms with Crippen LogP contribution in [0.3, 0.4) is 0 Å². The topological polar surface area (TPSA) is 112 Å². The predicted octanol–water partition coefficient (Wildman–Crippen LogP) is 5.43. The molecule has 0 aliphatic heterocycles. The monoisotopic (exact) mass is 557 g/mol. The molecule has 3 aromatic carbocycles. The average Bonchev–Trinajstić information content (AvgIpc) is 3.28. The number of hydrogen-bond acceptors (Lipinski definition) is 7. The van der Waals surface area contributed by atoms with Crippen molar-refractivity contribution in [2.75, 3.05) is 17.9 Å². The SMILES string of the molecule is CCOc1ccc(Br)cc1S(=O)(=O)Nc1ccccc1C(=O)OCC(=O)c1cc2ccccc2o1. The molecular weight excluding hydrogens is 538 g/mol. The summed E-state index contributed by atoms with van der Waals surface area (Å²) in [6.45, 7) is 1.44. The standard InChI is InChI=1S/C25H20BrNO7S/c1-2-32-22-12-11-17(26)14-24(22)35(30,31)27-19-9-5-4-8-18(19)25(29)33-15-20(28)23-13-16-7-3-6-10-21(16)34-23/h3-14,27H,2,15H2,1H3. The molecular formula is C25H20BrNO7S. The van der Waals surface area contributed by atoms with Crippen molar-refractivity contribution in [1.29, 1.82) is 0 Å². The van der Waals surface area contributed by atoms with Crippen LogP contribution in [0.1, 0.15) is 27.8 Å². The maximum absolute atomic E-state index is 13.1. The van der Waals surface area contributed by atoms with Crippen LogP contribution in [0.25, 0.3) is 11.0 Å². The van der Waals surface area contributed by atoms with E-state index in [1.54, 1.807) is 49.4 Å². The van der Waals surface area contributed by atoms with E-state index in [2.05, 4.69) is 20.7 Å². The number of fused-ring (bicyclic) bond motifs is 1. The summed E-state index contributed by atoms with van der Waals surface area (Å²) in [5.74, 6) is -1.17. The van der Waals surface area contributed by atoms with Gasteiger partial charge in [0, 0.05) is 9.86 Å². The summed E-state index contributed by atoms with van der Waals surface area (Å²) in [6, 6.07) is 19.2. The second-order valence-electron chi connectivity index (χ2n) is 7.32. The number of carbonyl (C=O) groups is 2. The number of ketones is 1. The van der Waals surface area contributed by atoms with Gasteiger partial charge in [0.05, 0.1) is 17.9 Å². The molecule has 0 amide bonds. The minimum Gasteiger partial charge on any atom is -0.492 e. The number of benzene rings is 3. The minimum atomic E-state index is -4.13. The van der Waals surface area contributed by atoms with E-state index in [0.29, 0.717) is 10.1 Å². The van der Waals surface area contributed by atoms with Crippen LogP contribution in [0, 0.1) is 0 Å². The molecule has 0 radical (unpaired) electrons. The lowest BCUT2D eigenvalue weighted by Crippen LogP contribution is -2.19. The Bertz CT molecular complexity index is 1480. The van der Waals surface area contributed by atoms with Gasteiger partial charge in [-0.2, -0.15) is 0 Å². The molecule has 1 heterocycles. The van der Waals surface area contributed by atoms with Crippen LogP contribution in [-0.2, 0) is 14.8 Å². The number of esters is 1. The van der Waals surface area contributed by atoms with Gasteiger partial charge < -0.3 is 13.9 Å². The number of sulfonamides is 1. The van der Waals surface area contributed by atoms with Gasteiger partial charge in [-0.25, -0.2) is 13.2 Å². The van der Waals surface area contributed by atoms with Crippen LogP contribution in [-0.4, -0.2) is 33.4 Å².